The lowest BCUT2D eigenvalue weighted by molar-refractivity contribution is -0.116. The highest BCUT2D eigenvalue weighted by Gasteiger charge is 2.17. The molecule has 0 fully saturated rings. The number of carbonyl (C=O) groups excluding carboxylic acids is 1. The van der Waals surface area contributed by atoms with Gasteiger partial charge in [-0.2, -0.15) is 5.10 Å². The summed E-state index contributed by atoms with van der Waals surface area (Å²) in [5, 5.41) is 13.4. The van der Waals surface area contributed by atoms with Gasteiger partial charge < -0.3 is 10.3 Å². The number of hydrogen-bond acceptors (Lipinski definition) is 7. The van der Waals surface area contributed by atoms with Gasteiger partial charge in [-0.25, -0.2) is 4.98 Å². The van der Waals surface area contributed by atoms with Crippen LogP contribution < -0.4 is 5.32 Å². The molecule has 6 aromatic rings. The van der Waals surface area contributed by atoms with Crippen molar-refractivity contribution >= 4 is 44.9 Å². The van der Waals surface area contributed by atoms with Crippen LogP contribution in [0.4, 0.5) is 5.69 Å². The van der Waals surface area contributed by atoms with Gasteiger partial charge in [-0.1, -0.05) is 19.4 Å². The van der Waals surface area contributed by atoms with Crippen LogP contribution in [0.3, 0.4) is 0 Å². The average Bonchev–Trinajstić information content (AvgIpc) is 3.66. The minimum atomic E-state index is -0.0161. The summed E-state index contributed by atoms with van der Waals surface area (Å²) in [6, 6.07) is 9.79. The standard InChI is InChI=1S/C26H22N8OS/c1-2-3-6-22(35)30-16-10-15(12-27-13-16)19-11-17-20(14-29-19)33-34-23(17)26-31-18-7-8-28-25(24(18)32-26)21-5-4-9-36-21/h4-5,7-14H,2-3,6H2,1H3,(H,30,35)(H,31,32)(H,33,34). The first-order valence-electron chi connectivity index (χ1n) is 11.7. The van der Waals surface area contributed by atoms with Gasteiger partial charge in [0.15, 0.2) is 5.82 Å². The Hall–Kier alpha value is -4.44. The predicted molar refractivity (Wildman–Crippen MR) is 141 cm³/mol. The molecule has 6 rings (SSSR count). The lowest BCUT2D eigenvalue weighted by atomic mass is 10.1. The van der Waals surface area contributed by atoms with Gasteiger partial charge in [-0.05, 0) is 36.1 Å². The minimum absolute atomic E-state index is 0.0161. The Bertz CT molecular complexity index is 1690. The molecule has 1 amide bonds. The van der Waals surface area contributed by atoms with Gasteiger partial charge >= 0.3 is 0 Å². The third kappa shape index (κ3) is 4.11. The van der Waals surface area contributed by atoms with Gasteiger partial charge in [0.25, 0.3) is 0 Å². The second kappa shape index (κ2) is 9.31. The number of rotatable bonds is 7. The smallest absolute Gasteiger partial charge is 0.224 e. The zero-order valence-corrected chi connectivity index (χ0v) is 20.3. The van der Waals surface area contributed by atoms with E-state index < -0.39 is 0 Å². The van der Waals surface area contributed by atoms with Gasteiger partial charge in [0, 0.05) is 29.8 Å². The number of thiophene rings is 1. The van der Waals surface area contributed by atoms with Gasteiger partial charge in [0.05, 0.1) is 39.7 Å². The molecule has 0 aromatic carbocycles. The number of H-pyrrole nitrogens is 2. The van der Waals surface area contributed by atoms with Crippen molar-refractivity contribution in [3.8, 4) is 33.3 Å². The van der Waals surface area contributed by atoms with Crippen molar-refractivity contribution in [1.82, 2.24) is 35.1 Å². The molecule has 0 aliphatic heterocycles. The normalized spacial score (nSPS) is 11.4. The Morgan fingerprint density at radius 2 is 2.03 bits per heavy atom. The largest absolute Gasteiger partial charge is 0.336 e. The number of carbonyl (C=O) groups is 1. The molecule has 10 heteroatoms. The molecule has 3 N–H and O–H groups in total. The highest BCUT2D eigenvalue weighted by atomic mass is 32.1. The Morgan fingerprint density at radius 1 is 1.08 bits per heavy atom. The van der Waals surface area contributed by atoms with Crippen LogP contribution in [0, 0.1) is 0 Å². The molecular weight excluding hydrogens is 472 g/mol. The van der Waals surface area contributed by atoms with E-state index in [4.69, 9.17) is 4.98 Å². The fourth-order valence-corrected chi connectivity index (χ4v) is 4.83. The van der Waals surface area contributed by atoms with E-state index in [1.165, 1.54) is 0 Å². The number of pyridine rings is 3. The van der Waals surface area contributed by atoms with E-state index in [1.54, 1.807) is 36.1 Å². The highest BCUT2D eigenvalue weighted by molar-refractivity contribution is 7.13. The third-order valence-electron chi connectivity index (χ3n) is 5.90. The molecule has 36 heavy (non-hydrogen) atoms. The highest BCUT2D eigenvalue weighted by Crippen LogP contribution is 2.33. The topological polar surface area (TPSA) is 125 Å². The van der Waals surface area contributed by atoms with Crippen molar-refractivity contribution in [1.29, 1.82) is 0 Å². The number of nitrogens with one attached hydrogen (secondary N) is 3. The number of aromatic amines is 2. The van der Waals surface area contributed by atoms with E-state index in [2.05, 4.69) is 42.4 Å². The molecule has 6 aromatic heterocycles. The number of fused-ring (bicyclic) bond motifs is 2. The van der Waals surface area contributed by atoms with Gasteiger partial charge in [-0.15, -0.1) is 11.3 Å². The average molecular weight is 495 g/mol. The number of imidazole rings is 1. The maximum absolute atomic E-state index is 12.2. The van der Waals surface area contributed by atoms with Crippen LogP contribution in [0.5, 0.6) is 0 Å². The second-order valence-corrected chi connectivity index (χ2v) is 9.37. The van der Waals surface area contributed by atoms with Crippen LogP contribution in [0.25, 0.3) is 55.3 Å². The van der Waals surface area contributed by atoms with Crippen molar-refractivity contribution < 1.29 is 4.79 Å². The maximum Gasteiger partial charge on any atom is 0.224 e. The molecule has 9 nitrogen and oxygen atoms in total. The molecule has 0 radical (unpaired) electrons. The molecule has 0 spiro atoms. The Kier molecular flexibility index (Phi) is 5.70. The summed E-state index contributed by atoms with van der Waals surface area (Å²) in [7, 11) is 0. The van der Waals surface area contributed by atoms with Crippen LogP contribution in [-0.2, 0) is 4.79 Å². The lowest BCUT2D eigenvalue weighted by Crippen LogP contribution is -2.11. The van der Waals surface area contributed by atoms with E-state index >= 15 is 0 Å². The fraction of sp³-hybridized carbons (Fsp3) is 0.154. The Labute approximate surface area is 210 Å². The van der Waals surface area contributed by atoms with Crippen molar-refractivity contribution in [2.24, 2.45) is 0 Å². The molecule has 0 aliphatic rings. The van der Waals surface area contributed by atoms with E-state index in [0.717, 1.165) is 56.6 Å². The van der Waals surface area contributed by atoms with Crippen LogP contribution in [0.2, 0.25) is 0 Å². The summed E-state index contributed by atoms with van der Waals surface area (Å²) in [5.41, 5.74) is 6.19. The van der Waals surface area contributed by atoms with E-state index in [-0.39, 0.29) is 5.91 Å². The van der Waals surface area contributed by atoms with Crippen molar-refractivity contribution in [3.63, 3.8) is 0 Å². The summed E-state index contributed by atoms with van der Waals surface area (Å²) in [6.07, 6.45) is 9.22. The van der Waals surface area contributed by atoms with Gasteiger partial charge in [0.1, 0.15) is 16.9 Å². The molecule has 6 heterocycles. The first-order chi connectivity index (χ1) is 17.7. The van der Waals surface area contributed by atoms with Gasteiger partial charge in [0.2, 0.25) is 5.91 Å². The number of unbranched alkanes of at least 4 members (excludes halogenated alkanes) is 1. The minimum Gasteiger partial charge on any atom is -0.336 e. The number of hydrogen-bond donors (Lipinski definition) is 3. The summed E-state index contributed by atoms with van der Waals surface area (Å²) < 4.78 is 0. The predicted octanol–water partition coefficient (Wildman–Crippen LogP) is 5.82. The second-order valence-electron chi connectivity index (χ2n) is 8.42. The molecule has 0 saturated heterocycles. The SMILES string of the molecule is CCCCC(=O)Nc1cncc(-c2cc3c(-c4nc5c(-c6cccs6)nccc5[nH]4)n[nH]c3cn2)c1. The summed E-state index contributed by atoms with van der Waals surface area (Å²) in [6.45, 7) is 2.06. The van der Waals surface area contributed by atoms with E-state index in [9.17, 15) is 4.79 Å². The summed E-state index contributed by atoms with van der Waals surface area (Å²) >= 11 is 1.63. The van der Waals surface area contributed by atoms with Crippen molar-refractivity contribution in [3.05, 3.63) is 60.5 Å². The van der Waals surface area contributed by atoms with Gasteiger partial charge in [-0.3, -0.25) is 24.8 Å². The van der Waals surface area contributed by atoms with Crippen LogP contribution >= 0.6 is 11.3 Å². The maximum atomic E-state index is 12.2. The van der Waals surface area contributed by atoms with Crippen LogP contribution in [0.1, 0.15) is 26.2 Å². The van der Waals surface area contributed by atoms with E-state index in [0.29, 0.717) is 23.6 Å². The molecule has 178 valence electrons. The monoisotopic (exact) mass is 494 g/mol. The number of anilines is 1. The Balaban J connectivity index is 1.37. The third-order valence-corrected chi connectivity index (χ3v) is 6.78. The first-order valence-corrected chi connectivity index (χ1v) is 12.6. The number of amides is 1. The zero-order valence-electron chi connectivity index (χ0n) is 19.4. The first kappa shape index (κ1) is 22.1. The Morgan fingerprint density at radius 3 is 2.89 bits per heavy atom. The summed E-state index contributed by atoms with van der Waals surface area (Å²) in [4.78, 5) is 34.9. The molecule has 0 saturated carbocycles. The van der Waals surface area contributed by atoms with Crippen LogP contribution in [0.15, 0.2) is 60.5 Å². The summed E-state index contributed by atoms with van der Waals surface area (Å²) in [5.74, 6) is 0.631. The van der Waals surface area contributed by atoms with Crippen LogP contribution in [-0.4, -0.2) is 41.0 Å². The van der Waals surface area contributed by atoms with Crippen molar-refractivity contribution in [2.75, 3.05) is 5.32 Å². The molecule has 0 aliphatic carbocycles. The lowest BCUT2D eigenvalue weighted by Gasteiger charge is -2.07. The number of aromatic nitrogens is 7. The quantitative estimate of drug-likeness (QED) is 0.257. The van der Waals surface area contributed by atoms with Crippen molar-refractivity contribution in [2.45, 2.75) is 26.2 Å². The molecular formula is C26H22N8OS. The zero-order chi connectivity index (χ0) is 24.5. The molecule has 0 unspecified atom stereocenters. The molecule has 0 atom stereocenters. The molecule has 0 bridgehead atoms. The number of nitrogens with zero attached hydrogens (tertiary/aromatic N) is 5. The fourth-order valence-electron chi connectivity index (χ4n) is 4.11. The van der Waals surface area contributed by atoms with E-state index in [1.807, 2.05) is 35.7 Å².